The van der Waals surface area contributed by atoms with Crippen LogP contribution in [0, 0.1) is 5.92 Å². The van der Waals surface area contributed by atoms with E-state index >= 15 is 0 Å². The van der Waals surface area contributed by atoms with Crippen LogP contribution in [0.25, 0.3) is 0 Å². The Morgan fingerprint density at radius 1 is 1.16 bits per heavy atom. The minimum Gasteiger partial charge on any atom is -0.339 e. The monoisotopic (exact) mass is 365 g/mol. The van der Waals surface area contributed by atoms with Crippen molar-refractivity contribution in [3.8, 4) is 0 Å². The molecule has 138 valence electrons. The van der Waals surface area contributed by atoms with Crippen LogP contribution < -0.4 is 10.2 Å². The molecular formula is C19H28ClN3O2. The minimum absolute atomic E-state index is 0. The van der Waals surface area contributed by atoms with Crippen LogP contribution in [0.3, 0.4) is 0 Å². The van der Waals surface area contributed by atoms with Crippen LogP contribution in [0.5, 0.6) is 0 Å². The average molecular weight is 366 g/mol. The predicted molar refractivity (Wildman–Crippen MR) is 102 cm³/mol. The van der Waals surface area contributed by atoms with Crippen molar-refractivity contribution in [1.29, 1.82) is 0 Å². The molecule has 0 aromatic heterocycles. The highest BCUT2D eigenvalue weighted by molar-refractivity contribution is 5.97. The quantitative estimate of drug-likeness (QED) is 0.872. The van der Waals surface area contributed by atoms with E-state index < -0.39 is 0 Å². The van der Waals surface area contributed by atoms with E-state index in [0.29, 0.717) is 12.3 Å². The summed E-state index contributed by atoms with van der Waals surface area (Å²) in [5, 5.41) is 3.39. The number of nitrogens with zero attached hydrogens (tertiary/aromatic N) is 2. The standard InChI is InChI=1S/C19H27N3O2.ClH/c1-2-20-14-15-9-12-21(13-10-15)19(24)16-5-7-17(8-6-16)22-11-3-4-18(22)23;/h5-8,15,20H,2-4,9-14H2,1H3;1H. The number of halogens is 1. The molecule has 0 saturated carbocycles. The van der Waals surface area contributed by atoms with Gasteiger partial charge in [-0.3, -0.25) is 9.59 Å². The average Bonchev–Trinajstić information content (AvgIpc) is 3.06. The molecule has 0 spiro atoms. The summed E-state index contributed by atoms with van der Waals surface area (Å²) in [6.45, 7) is 6.63. The summed E-state index contributed by atoms with van der Waals surface area (Å²) >= 11 is 0. The van der Waals surface area contributed by atoms with Gasteiger partial charge in [-0.1, -0.05) is 6.92 Å². The number of anilines is 1. The molecule has 5 nitrogen and oxygen atoms in total. The number of likely N-dealkylation sites (tertiary alicyclic amines) is 1. The highest BCUT2D eigenvalue weighted by Gasteiger charge is 2.24. The van der Waals surface area contributed by atoms with Gasteiger partial charge >= 0.3 is 0 Å². The number of carbonyl (C=O) groups is 2. The van der Waals surface area contributed by atoms with Gasteiger partial charge in [0.15, 0.2) is 0 Å². The zero-order chi connectivity index (χ0) is 16.9. The fourth-order valence-electron chi connectivity index (χ4n) is 3.58. The van der Waals surface area contributed by atoms with Crippen LogP contribution in [0.15, 0.2) is 24.3 Å². The fraction of sp³-hybridized carbons (Fsp3) is 0.579. The second-order valence-corrected chi connectivity index (χ2v) is 6.74. The summed E-state index contributed by atoms with van der Waals surface area (Å²) in [5.74, 6) is 0.964. The molecule has 1 aromatic carbocycles. The number of amides is 2. The highest BCUT2D eigenvalue weighted by atomic mass is 35.5. The van der Waals surface area contributed by atoms with Crippen LogP contribution in [-0.2, 0) is 4.79 Å². The maximum atomic E-state index is 12.6. The number of benzene rings is 1. The minimum atomic E-state index is 0. The van der Waals surface area contributed by atoms with E-state index in [9.17, 15) is 9.59 Å². The van der Waals surface area contributed by atoms with Crippen LogP contribution in [0.2, 0.25) is 0 Å². The number of piperidine rings is 1. The van der Waals surface area contributed by atoms with Gasteiger partial charge in [0.25, 0.3) is 5.91 Å². The van der Waals surface area contributed by atoms with Crippen LogP contribution in [0.4, 0.5) is 5.69 Å². The van der Waals surface area contributed by atoms with E-state index in [1.165, 1.54) is 0 Å². The van der Waals surface area contributed by atoms with Crippen LogP contribution >= 0.6 is 12.4 Å². The van der Waals surface area contributed by atoms with E-state index in [1.807, 2.05) is 29.2 Å². The molecule has 2 aliphatic rings. The van der Waals surface area contributed by atoms with Gasteiger partial charge in [-0.15, -0.1) is 12.4 Å². The van der Waals surface area contributed by atoms with Crippen molar-refractivity contribution in [2.45, 2.75) is 32.6 Å². The molecule has 2 amide bonds. The highest BCUT2D eigenvalue weighted by Crippen LogP contribution is 2.23. The molecule has 0 aliphatic carbocycles. The van der Waals surface area contributed by atoms with Crippen molar-refractivity contribution in [1.82, 2.24) is 10.2 Å². The van der Waals surface area contributed by atoms with Crippen molar-refractivity contribution in [2.75, 3.05) is 37.6 Å². The van der Waals surface area contributed by atoms with Gasteiger partial charge in [0.05, 0.1) is 0 Å². The third-order valence-corrected chi connectivity index (χ3v) is 5.08. The molecule has 6 heteroatoms. The summed E-state index contributed by atoms with van der Waals surface area (Å²) < 4.78 is 0. The van der Waals surface area contributed by atoms with E-state index in [-0.39, 0.29) is 24.2 Å². The second-order valence-electron chi connectivity index (χ2n) is 6.74. The third-order valence-electron chi connectivity index (χ3n) is 5.08. The number of rotatable bonds is 5. The van der Waals surface area contributed by atoms with Gasteiger partial charge in [-0.2, -0.15) is 0 Å². The van der Waals surface area contributed by atoms with Crippen molar-refractivity contribution < 1.29 is 9.59 Å². The van der Waals surface area contributed by atoms with Crippen LogP contribution in [-0.4, -0.2) is 49.4 Å². The molecule has 0 unspecified atom stereocenters. The Kier molecular flexibility index (Phi) is 7.26. The van der Waals surface area contributed by atoms with Gasteiger partial charge in [0.1, 0.15) is 0 Å². The lowest BCUT2D eigenvalue weighted by atomic mass is 9.96. The van der Waals surface area contributed by atoms with E-state index in [2.05, 4.69) is 12.2 Å². The smallest absolute Gasteiger partial charge is 0.253 e. The Labute approximate surface area is 156 Å². The van der Waals surface area contributed by atoms with Crippen molar-refractivity contribution in [2.24, 2.45) is 5.92 Å². The first-order chi connectivity index (χ1) is 11.7. The largest absolute Gasteiger partial charge is 0.339 e. The van der Waals surface area contributed by atoms with Gasteiger partial charge in [0, 0.05) is 37.3 Å². The molecule has 2 fully saturated rings. The molecule has 0 atom stereocenters. The Morgan fingerprint density at radius 2 is 1.84 bits per heavy atom. The van der Waals surface area contributed by atoms with E-state index in [1.54, 1.807) is 4.90 Å². The lowest BCUT2D eigenvalue weighted by molar-refractivity contribution is -0.117. The molecule has 1 aromatic rings. The summed E-state index contributed by atoms with van der Waals surface area (Å²) in [6, 6.07) is 7.50. The van der Waals surface area contributed by atoms with Crippen LogP contribution in [0.1, 0.15) is 43.0 Å². The molecule has 0 radical (unpaired) electrons. The second kappa shape index (κ2) is 9.20. The molecular weight excluding hydrogens is 338 g/mol. The molecule has 0 bridgehead atoms. The molecule has 1 N–H and O–H groups in total. The first-order valence-electron chi connectivity index (χ1n) is 9.09. The molecule has 2 aliphatic heterocycles. The van der Waals surface area contributed by atoms with Gasteiger partial charge in [0.2, 0.25) is 5.91 Å². The molecule has 3 rings (SSSR count). The predicted octanol–water partition coefficient (Wildman–Crippen LogP) is 2.70. The molecule has 2 saturated heterocycles. The first kappa shape index (κ1) is 19.7. The zero-order valence-corrected chi connectivity index (χ0v) is 15.7. The van der Waals surface area contributed by atoms with E-state index in [4.69, 9.17) is 0 Å². The maximum Gasteiger partial charge on any atom is 0.253 e. The lowest BCUT2D eigenvalue weighted by Crippen LogP contribution is -2.40. The Hall–Kier alpha value is -1.59. The van der Waals surface area contributed by atoms with Crippen molar-refractivity contribution in [3.63, 3.8) is 0 Å². The Balaban J connectivity index is 0.00000225. The summed E-state index contributed by atoms with van der Waals surface area (Å²) in [7, 11) is 0. The number of carbonyl (C=O) groups excluding carboxylic acids is 2. The first-order valence-corrected chi connectivity index (χ1v) is 9.09. The van der Waals surface area contributed by atoms with Gasteiger partial charge < -0.3 is 15.1 Å². The SMILES string of the molecule is CCNCC1CCN(C(=O)c2ccc(N3CCCC3=O)cc2)CC1.Cl. The third kappa shape index (κ3) is 4.73. The van der Waals surface area contributed by atoms with Gasteiger partial charge in [-0.05, 0) is 62.5 Å². The van der Waals surface area contributed by atoms with E-state index in [0.717, 1.165) is 63.2 Å². The topological polar surface area (TPSA) is 52.7 Å². The van der Waals surface area contributed by atoms with Crippen molar-refractivity contribution >= 4 is 29.9 Å². The Bertz CT molecular complexity index is 583. The number of hydrogen-bond donors (Lipinski definition) is 1. The normalized spacial score (nSPS) is 18.4. The summed E-state index contributed by atoms with van der Waals surface area (Å²) in [5.41, 5.74) is 1.62. The Morgan fingerprint density at radius 3 is 2.40 bits per heavy atom. The van der Waals surface area contributed by atoms with Crippen molar-refractivity contribution in [3.05, 3.63) is 29.8 Å². The fourth-order valence-corrected chi connectivity index (χ4v) is 3.58. The maximum absolute atomic E-state index is 12.6. The lowest BCUT2D eigenvalue weighted by Gasteiger charge is -2.32. The number of hydrogen-bond acceptors (Lipinski definition) is 3. The molecule has 2 heterocycles. The summed E-state index contributed by atoms with van der Waals surface area (Å²) in [4.78, 5) is 28.2. The summed E-state index contributed by atoms with van der Waals surface area (Å²) in [6.07, 6.45) is 3.68. The number of nitrogens with one attached hydrogen (secondary N) is 1. The zero-order valence-electron chi connectivity index (χ0n) is 14.9. The van der Waals surface area contributed by atoms with Gasteiger partial charge in [-0.25, -0.2) is 0 Å². The molecule has 25 heavy (non-hydrogen) atoms.